The predicted molar refractivity (Wildman–Crippen MR) is 86.9 cm³/mol. The molecule has 122 valence electrons. The summed E-state index contributed by atoms with van der Waals surface area (Å²) in [4.78, 5) is 29.2. The highest BCUT2D eigenvalue weighted by molar-refractivity contribution is 7.12. The van der Waals surface area contributed by atoms with Crippen LogP contribution in [0, 0.1) is 0 Å². The average molecular weight is 324 g/mol. The van der Waals surface area contributed by atoms with Crippen molar-refractivity contribution in [2.45, 2.75) is 44.8 Å². The first-order chi connectivity index (χ1) is 10.3. The SMILES string of the molecule is CN(CC(C)(C)O)C(=O)C1CCCCN1C(=O)c1cccs1. The Morgan fingerprint density at radius 1 is 1.45 bits per heavy atom. The van der Waals surface area contributed by atoms with E-state index in [1.165, 1.54) is 16.2 Å². The molecule has 22 heavy (non-hydrogen) atoms. The molecule has 2 heterocycles. The summed E-state index contributed by atoms with van der Waals surface area (Å²) in [6.45, 7) is 4.21. The summed E-state index contributed by atoms with van der Waals surface area (Å²) in [5.74, 6) is -0.156. The van der Waals surface area contributed by atoms with E-state index in [0.717, 1.165) is 12.8 Å². The quantitative estimate of drug-likeness (QED) is 0.921. The van der Waals surface area contributed by atoms with Crippen molar-refractivity contribution in [3.05, 3.63) is 22.4 Å². The molecule has 1 aromatic heterocycles. The Morgan fingerprint density at radius 3 is 2.77 bits per heavy atom. The third kappa shape index (κ3) is 4.08. The van der Waals surface area contributed by atoms with Gasteiger partial charge in [0.05, 0.1) is 10.5 Å². The Morgan fingerprint density at radius 2 is 2.18 bits per heavy atom. The van der Waals surface area contributed by atoms with E-state index >= 15 is 0 Å². The molecule has 5 nitrogen and oxygen atoms in total. The van der Waals surface area contributed by atoms with Crippen LogP contribution in [0.15, 0.2) is 17.5 Å². The van der Waals surface area contributed by atoms with Gasteiger partial charge in [0, 0.05) is 20.1 Å². The van der Waals surface area contributed by atoms with Gasteiger partial charge in [-0.15, -0.1) is 11.3 Å². The number of piperidine rings is 1. The smallest absolute Gasteiger partial charge is 0.264 e. The lowest BCUT2D eigenvalue weighted by Crippen LogP contribution is -2.54. The van der Waals surface area contributed by atoms with Gasteiger partial charge in [0.2, 0.25) is 5.91 Å². The maximum absolute atomic E-state index is 12.7. The summed E-state index contributed by atoms with van der Waals surface area (Å²) in [5, 5.41) is 11.8. The number of amides is 2. The summed E-state index contributed by atoms with van der Waals surface area (Å²) in [5.41, 5.74) is -0.943. The summed E-state index contributed by atoms with van der Waals surface area (Å²) < 4.78 is 0. The van der Waals surface area contributed by atoms with E-state index in [1.54, 1.807) is 31.9 Å². The van der Waals surface area contributed by atoms with Crippen LogP contribution in [0.3, 0.4) is 0 Å². The van der Waals surface area contributed by atoms with E-state index < -0.39 is 11.6 Å². The van der Waals surface area contributed by atoms with Crippen molar-refractivity contribution in [1.82, 2.24) is 9.80 Å². The number of aliphatic hydroxyl groups is 1. The maximum atomic E-state index is 12.7. The minimum atomic E-state index is -0.943. The van der Waals surface area contributed by atoms with Crippen molar-refractivity contribution < 1.29 is 14.7 Å². The van der Waals surface area contributed by atoms with Crippen LogP contribution in [0.4, 0.5) is 0 Å². The van der Waals surface area contributed by atoms with Gasteiger partial charge in [0.1, 0.15) is 6.04 Å². The first-order valence-corrected chi connectivity index (χ1v) is 8.49. The van der Waals surface area contributed by atoms with E-state index in [-0.39, 0.29) is 18.4 Å². The molecule has 1 aromatic rings. The summed E-state index contributed by atoms with van der Waals surface area (Å²) in [6, 6.07) is 3.22. The highest BCUT2D eigenvalue weighted by atomic mass is 32.1. The van der Waals surface area contributed by atoms with Gasteiger partial charge < -0.3 is 14.9 Å². The number of carbonyl (C=O) groups is 2. The number of nitrogens with zero attached hydrogens (tertiary/aromatic N) is 2. The molecule has 0 aromatic carbocycles. The van der Waals surface area contributed by atoms with Gasteiger partial charge in [-0.3, -0.25) is 9.59 Å². The summed E-state index contributed by atoms with van der Waals surface area (Å²) >= 11 is 1.40. The number of likely N-dealkylation sites (tertiary alicyclic amines) is 1. The van der Waals surface area contributed by atoms with Crippen LogP contribution >= 0.6 is 11.3 Å². The Balaban J connectivity index is 2.12. The van der Waals surface area contributed by atoms with E-state index in [4.69, 9.17) is 0 Å². The molecular formula is C16H24N2O3S. The van der Waals surface area contributed by atoms with Crippen LogP contribution in [0.2, 0.25) is 0 Å². The van der Waals surface area contributed by atoms with Crippen molar-refractivity contribution >= 4 is 23.2 Å². The molecule has 6 heteroatoms. The molecular weight excluding hydrogens is 300 g/mol. The zero-order valence-electron chi connectivity index (χ0n) is 13.4. The Labute approximate surface area is 135 Å². The molecule has 1 N–H and O–H groups in total. The second-order valence-corrected chi connectivity index (χ2v) is 7.44. The maximum Gasteiger partial charge on any atom is 0.264 e. The third-order valence-corrected chi connectivity index (χ3v) is 4.64. The molecule has 2 rings (SSSR count). The van der Waals surface area contributed by atoms with Crippen LogP contribution in [0.25, 0.3) is 0 Å². The molecule has 1 fully saturated rings. The number of rotatable bonds is 4. The van der Waals surface area contributed by atoms with Crippen molar-refractivity contribution in [1.29, 1.82) is 0 Å². The number of likely N-dealkylation sites (N-methyl/N-ethyl adjacent to an activating group) is 1. The first-order valence-electron chi connectivity index (χ1n) is 7.61. The molecule has 1 unspecified atom stereocenters. The molecule has 1 aliphatic heterocycles. The molecule has 1 atom stereocenters. The highest BCUT2D eigenvalue weighted by Crippen LogP contribution is 2.23. The van der Waals surface area contributed by atoms with Crippen LogP contribution < -0.4 is 0 Å². The van der Waals surface area contributed by atoms with Gasteiger partial charge in [0.25, 0.3) is 5.91 Å². The minimum absolute atomic E-state index is 0.0651. The molecule has 0 saturated carbocycles. The number of hydrogen-bond donors (Lipinski definition) is 1. The fourth-order valence-electron chi connectivity index (χ4n) is 2.89. The predicted octanol–water partition coefficient (Wildman–Crippen LogP) is 1.97. The average Bonchev–Trinajstić information content (AvgIpc) is 2.98. The molecule has 0 aliphatic carbocycles. The van der Waals surface area contributed by atoms with Gasteiger partial charge in [0.15, 0.2) is 0 Å². The van der Waals surface area contributed by atoms with Crippen LogP contribution in [-0.2, 0) is 4.79 Å². The third-order valence-electron chi connectivity index (χ3n) is 3.78. The fraction of sp³-hybridized carbons (Fsp3) is 0.625. The fourth-order valence-corrected chi connectivity index (χ4v) is 3.56. The van der Waals surface area contributed by atoms with Gasteiger partial charge in [-0.05, 0) is 44.6 Å². The zero-order valence-corrected chi connectivity index (χ0v) is 14.2. The van der Waals surface area contributed by atoms with Crippen molar-refractivity contribution in [2.75, 3.05) is 20.1 Å². The van der Waals surface area contributed by atoms with Crippen molar-refractivity contribution in [3.8, 4) is 0 Å². The van der Waals surface area contributed by atoms with Gasteiger partial charge in [-0.2, -0.15) is 0 Å². The number of hydrogen-bond acceptors (Lipinski definition) is 4. The Kier molecular flexibility index (Phi) is 5.24. The molecule has 2 amide bonds. The van der Waals surface area contributed by atoms with Crippen molar-refractivity contribution in [2.24, 2.45) is 0 Å². The number of carbonyl (C=O) groups excluding carboxylic acids is 2. The molecule has 1 saturated heterocycles. The molecule has 0 bridgehead atoms. The van der Waals surface area contributed by atoms with Crippen LogP contribution in [0.1, 0.15) is 42.8 Å². The van der Waals surface area contributed by atoms with Crippen LogP contribution in [-0.4, -0.2) is 58.5 Å². The monoisotopic (exact) mass is 324 g/mol. The number of thiophene rings is 1. The Hall–Kier alpha value is -1.40. The highest BCUT2D eigenvalue weighted by Gasteiger charge is 2.35. The van der Waals surface area contributed by atoms with Gasteiger partial charge in [-0.25, -0.2) is 0 Å². The van der Waals surface area contributed by atoms with Gasteiger partial charge in [-0.1, -0.05) is 6.07 Å². The second kappa shape index (κ2) is 6.79. The van der Waals surface area contributed by atoms with E-state index in [2.05, 4.69) is 0 Å². The normalized spacial score (nSPS) is 19.1. The standard InChI is InChI=1S/C16H24N2O3S/c1-16(2,21)11-17(3)14(19)12-7-4-5-9-18(12)15(20)13-8-6-10-22-13/h6,8,10,12,21H,4-5,7,9,11H2,1-3H3. The molecule has 0 spiro atoms. The molecule has 0 radical (unpaired) electrons. The van der Waals surface area contributed by atoms with E-state index in [0.29, 0.717) is 17.8 Å². The molecule has 1 aliphatic rings. The lowest BCUT2D eigenvalue weighted by Gasteiger charge is -2.37. The first kappa shape index (κ1) is 17.0. The lowest BCUT2D eigenvalue weighted by molar-refractivity contribution is -0.138. The second-order valence-electron chi connectivity index (χ2n) is 6.49. The van der Waals surface area contributed by atoms with Crippen LogP contribution in [0.5, 0.6) is 0 Å². The lowest BCUT2D eigenvalue weighted by atomic mass is 10.00. The van der Waals surface area contributed by atoms with E-state index in [9.17, 15) is 14.7 Å². The largest absolute Gasteiger partial charge is 0.389 e. The topological polar surface area (TPSA) is 60.9 Å². The Bertz CT molecular complexity index is 522. The van der Waals surface area contributed by atoms with Gasteiger partial charge >= 0.3 is 0 Å². The summed E-state index contributed by atoms with van der Waals surface area (Å²) in [6.07, 6.45) is 2.56. The zero-order chi connectivity index (χ0) is 16.3. The minimum Gasteiger partial charge on any atom is -0.389 e. The summed E-state index contributed by atoms with van der Waals surface area (Å²) in [7, 11) is 1.68. The van der Waals surface area contributed by atoms with E-state index in [1.807, 2.05) is 11.4 Å². The van der Waals surface area contributed by atoms with Crippen molar-refractivity contribution in [3.63, 3.8) is 0 Å².